The standard InChI is InChI=1S/C20H26N2O2/c1-13(2)17-10-9-15(4)18(11-17)21-22-20(23)12-24-19-8-6-7-14(3)16(19)5/h6-9,17H,1,10-12H2,2-5H3,(H,22,23)/b21-18+. The van der Waals surface area contributed by atoms with Crippen LogP contribution in [0.25, 0.3) is 0 Å². The lowest BCUT2D eigenvalue weighted by Crippen LogP contribution is -2.27. The van der Waals surface area contributed by atoms with Gasteiger partial charge in [0.2, 0.25) is 0 Å². The minimum absolute atomic E-state index is 0.0479. The quantitative estimate of drug-likeness (QED) is 0.654. The third kappa shape index (κ3) is 4.57. The Morgan fingerprint density at radius 3 is 2.83 bits per heavy atom. The molecule has 4 heteroatoms. The number of rotatable bonds is 5. The zero-order valence-corrected chi connectivity index (χ0v) is 15.0. The van der Waals surface area contributed by atoms with Crippen molar-refractivity contribution in [3.63, 3.8) is 0 Å². The summed E-state index contributed by atoms with van der Waals surface area (Å²) in [6, 6.07) is 5.81. The highest BCUT2D eigenvalue weighted by molar-refractivity contribution is 6.01. The lowest BCUT2D eigenvalue weighted by molar-refractivity contribution is -0.123. The molecule has 1 aliphatic rings. The summed E-state index contributed by atoms with van der Waals surface area (Å²) < 4.78 is 5.60. The van der Waals surface area contributed by atoms with Gasteiger partial charge in [-0.3, -0.25) is 4.79 Å². The van der Waals surface area contributed by atoms with E-state index < -0.39 is 0 Å². The maximum Gasteiger partial charge on any atom is 0.277 e. The molecule has 1 unspecified atom stereocenters. The number of hydrazone groups is 1. The molecule has 128 valence electrons. The Morgan fingerprint density at radius 1 is 1.38 bits per heavy atom. The highest BCUT2D eigenvalue weighted by Crippen LogP contribution is 2.26. The number of aryl methyl sites for hydroxylation is 1. The molecule has 4 nitrogen and oxygen atoms in total. The van der Waals surface area contributed by atoms with E-state index in [1.165, 1.54) is 0 Å². The van der Waals surface area contributed by atoms with Crippen LogP contribution >= 0.6 is 0 Å². The van der Waals surface area contributed by atoms with Crippen molar-refractivity contribution in [1.82, 2.24) is 5.43 Å². The van der Waals surface area contributed by atoms with E-state index in [1.807, 2.05) is 45.9 Å². The van der Waals surface area contributed by atoms with E-state index in [2.05, 4.69) is 23.2 Å². The third-order valence-corrected chi connectivity index (χ3v) is 4.53. The fourth-order valence-corrected chi connectivity index (χ4v) is 2.61. The minimum atomic E-state index is -0.256. The van der Waals surface area contributed by atoms with Crippen LogP contribution in [-0.2, 0) is 4.79 Å². The average molecular weight is 326 g/mol. The molecule has 0 spiro atoms. The molecule has 1 atom stereocenters. The van der Waals surface area contributed by atoms with Crippen LogP contribution in [-0.4, -0.2) is 18.2 Å². The largest absolute Gasteiger partial charge is 0.483 e. The van der Waals surface area contributed by atoms with Crippen molar-refractivity contribution in [2.24, 2.45) is 11.0 Å². The van der Waals surface area contributed by atoms with Crippen LogP contribution < -0.4 is 10.2 Å². The molecule has 0 aromatic heterocycles. The summed E-state index contributed by atoms with van der Waals surface area (Å²) >= 11 is 0. The molecular weight excluding hydrogens is 300 g/mol. The minimum Gasteiger partial charge on any atom is -0.483 e. The van der Waals surface area contributed by atoms with Crippen molar-refractivity contribution >= 4 is 11.6 Å². The van der Waals surface area contributed by atoms with Gasteiger partial charge in [-0.2, -0.15) is 5.10 Å². The van der Waals surface area contributed by atoms with Gasteiger partial charge < -0.3 is 4.74 Å². The molecule has 0 saturated carbocycles. The molecule has 0 saturated heterocycles. The maximum absolute atomic E-state index is 12.0. The predicted molar refractivity (Wildman–Crippen MR) is 98.3 cm³/mol. The van der Waals surface area contributed by atoms with E-state index in [9.17, 15) is 4.79 Å². The Balaban J connectivity index is 1.92. The van der Waals surface area contributed by atoms with Crippen LogP contribution in [0.4, 0.5) is 0 Å². The van der Waals surface area contributed by atoms with Crippen molar-refractivity contribution < 1.29 is 9.53 Å². The van der Waals surface area contributed by atoms with E-state index >= 15 is 0 Å². The Kier molecular flexibility index (Phi) is 5.96. The summed E-state index contributed by atoms with van der Waals surface area (Å²) in [4.78, 5) is 12.0. The Labute approximate surface area is 144 Å². The molecule has 0 fully saturated rings. The van der Waals surface area contributed by atoms with Gasteiger partial charge in [0.25, 0.3) is 5.91 Å². The molecule has 1 aliphatic carbocycles. The first-order valence-electron chi connectivity index (χ1n) is 8.25. The summed E-state index contributed by atoms with van der Waals surface area (Å²) in [5, 5.41) is 4.28. The summed E-state index contributed by atoms with van der Waals surface area (Å²) in [6.45, 7) is 12.0. The number of amides is 1. The van der Waals surface area contributed by atoms with Gasteiger partial charge >= 0.3 is 0 Å². The highest BCUT2D eigenvalue weighted by Gasteiger charge is 2.18. The number of ether oxygens (including phenoxy) is 1. The molecule has 0 heterocycles. The second-order valence-electron chi connectivity index (χ2n) is 6.45. The molecule has 0 bridgehead atoms. The topological polar surface area (TPSA) is 50.7 Å². The van der Waals surface area contributed by atoms with Crippen molar-refractivity contribution in [2.45, 2.75) is 40.5 Å². The molecule has 1 amide bonds. The third-order valence-electron chi connectivity index (χ3n) is 4.53. The van der Waals surface area contributed by atoms with Crippen LogP contribution in [0.5, 0.6) is 5.75 Å². The van der Waals surface area contributed by atoms with Gasteiger partial charge in [-0.15, -0.1) is 0 Å². The molecular formula is C20H26N2O2. The lowest BCUT2D eigenvalue weighted by atomic mass is 9.85. The first-order valence-corrected chi connectivity index (χ1v) is 8.25. The lowest BCUT2D eigenvalue weighted by Gasteiger charge is -2.22. The number of hydrogen-bond donors (Lipinski definition) is 1. The van der Waals surface area contributed by atoms with Gasteiger partial charge in [0.15, 0.2) is 6.61 Å². The maximum atomic E-state index is 12.0. The van der Waals surface area contributed by atoms with Crippen LogP contribution in [0.15, 0.2) is 47.1 Å². The fourth-order valence-electron chi connectivity index (χ4n) is 2.61. The summed E-state index contributed by atoms with van der Waals surface area (Å²) in [5.41, 5.74) is 7.96. The van der Waals surface area contributed by atoms with Crippen molar-refractivity contribution in [3.8, 4) is 5.75 Å². The zero-order chi connectivity index (χ0) is 17.7. The molecule has 2 rings (SSSR count). The fraction of sp³-hybridized carbons (Fsp3) is 0.400. The van der Waals surface area contributed by atoms with E-state index in [0.29, 0.717) is 5.92 Å². The van der Waals surface area contributed by atoms with E-state index in [-0.39, 0.29) is 12.5 Å². The van der Waals surface area contributed by atoms with Crippen LogP contribution in [0, 0.1) is 19.8 Å². The summed E-state index contributed by atoms with van der Waals surface area (Å²) in [5.74, 6) is 0.873. The van der Waals surface area contributed by atoms with Crippen molar-refractivity contribution in [3.05, 3.63) is 53.1 Å². The van der Waals surface area contributed by atoms with Crippen LogP contribution in [0.1, 0.15) is 37.8 Å². The Morgan fingerprint density at radius 2 is 2.12 bits per heavy atom. The van der Waals surface area contributed by atoms with Crippen LogP contribution in [0.2, 0.25) is 0 Å². The van der Waals surface area contributed by atoms with Gasteiger partial charge in [-0.05, 0) is 69.2 Å². The van der Waals surface area contributed by atoms with E-state index in [0.717, 1.165) is 46.6 Å². The smallest absolute Gasteiger partial charge is 0.277 e. The molecule has 0 aliphatic heterocycles. The predicted octanol–water partition coefficient (Wildman–Crippen LogP) is 4.09. The number of benzene rings is 1. The van der Waals surface area contributed by atoms with Gasteiger partial charge in [-0.25, -0.2) is 5.43 Å². The van der Waals surface area contributed by atoms with Crippen molar-refractivity contribution in [1.29, 1.82) is 0 Å². The Hall–Kier alpha value is -2.36. The van der Waals surface area contributed by atoms with E-state index in [1.54, 1.807) is 0 Å². The van der Waals surface area contributed by atoms with E-state index in [4.69, 9.17) is 4.74 Å². The second-order valence-corrected chi connectivity index (χ2v) is 6.45. The summed E-state index contributed by atoms with van der Waals surface area (Å²) in [6.07, 6.45) is 3.96. The first-order chi connectivity index (χ1) is 11.4. The van der Waals surface area contributed by atoms with Crippen LogP contribution in [0.3, 0.4) is 0 Å². The number of hydrogen-bond acceptors (Lipinski definition) is 3. The molecule has 1 N–H and O–H groups in total. The van der Waals surface area contributed by atoms with Gasteiger partial charge in [0, 0.05) is 0 Å². The number of allylic oxidation sites excluding steroid dienone is 3. The van der Waals surface area contributed by atoms with Gasteiger partial charge in [0.1, 0.15) is 5.75 Å². The monoisotopic (exact) mass is 326 g/mol. The summed E-state index contributed by atoms with van der Waals surface area (Å²) in [7, 11) is 0. The SMILES string of the molecule is C=C(C)C1CC=C(C)/C(=N/NC(=O)COc2cccc(C)c2C)C1. The molecule has 1 aromatic carbocycles. The zero-order valence-electron chi connectivity index (χ0n) is 15.0. The van der Waals surface area contributed by atoms with Gasteiger partial charge in [-0.1, -0.05) is 30.4 Å². The molecule has 24 heavy (non-hydrogen) atoms. The number of carbonyl (C=O) groups is 1. The van der Waals surface area contributed by atoms with Gasteiger partial charge in [0.05, 0.1) is 5.71 Å². The number of nitrogens with one attached hydrogen (secondary N) is 1. The number of carbonyl (C=O) groups excluding carboxylic acids is 1. The Bertz CT molecular complexity index is 702. The van der Waals surface area contributed by atoms with Crippen molar-refractivity contribution in [2.75, 3.05) is 6.61 Å². The second kappa shape index (κ2) is 7.95. The highest BCUT2D eigenvalue weighted by atomic mass is 16.5. The first kappa shape index (κ1) is 18.0. The normalized spacial score (nSPS) is 18.9. The number of nitrogens with zero attached hydrogens (tertiary/aromatic N) is 1. The molecule has 0 radical (unpaired) electrons. The molecule has 1 aromatic rings. The average Bonchev–Trinajstić information content (AvgIpc) is 2.55.